The van der Waals surface area contributed by atoms with Gasteiger partial charge in [-0.15, -0.1) is 0 Å². The van der Waals surface area contributed by atoms with Crippen molar-refractivity contribution in [2.75, 3.05) is 26.7 Å². The maximum absolute atomic E-state index is 14.4. The van der Waals surface area contributed by atoms with Crippen LogP contribution in [0.25, 0.3) is 33.6 Å². The maximum Gasteiger partial charge on any atom is 0.254 e. The molecule has 3 aromatic heterocycles. The van der Waals surface area contributed by atoms with Gasteiger partial charge >= 0.3 is 0 Å². The first-order valence-electron chi connectivity index (χ1n) is 17.4. The van der Waals surface area contributed by atoms with Crippen molar-refractivity contribution in [1.82, 2.24) is 28.9 Å². The van der Waals surface area contributed by atoms with E-state index in [1.54, 1.807) is 66.4 Å². The van der Waals surface area contributed by atoms with Crippen LogP contribution in [-0.2, 0) is 21.2 Å². The van der Waals surface area contributed by atoms with Gasteiger partial charge in [0.25, 0.3) is 5.91 Å². The molecule has 5 aromatic rings. The molecule has 3 atom stereocenters. The Bertz CT molecular complexity index is 2360. The summed E-state index contributed by atoms with van der Waals surface area (Å²) in [5.41, 5.74) is 10.4. The largest absolute Gasteiger partial charge is 0.494 e. The number of imidazole rings is 1. The molecule has 2 saturated heterocycles. The van der Waals surface area contributed by atoms with Crippen molar-refractivity contribution < 1.29 is 22.7 Å². The summed E-state index contributed by atoms with van der Waals surface area (Å²) in [6.45, 7) is 3.70. The second-order valence-corrected chi connectivity index (χ2v) is 17.6. The number of ether oxygens (including phenoxy) is 1. The first-order valence-corrected chi connectivity index (χ1v) is 19.7. The minimum atomic E-state index is -3.97. The van der Waals surface area contributed by atoms with Crippen LogP contribution < -0.4 is 10.5 Å². The van der Waals surface area contributed by atoms with Crippen LogP contribution in [0.4, 0.5) is 0 Å². The number of likely N-dealkylation sites (tertiary alicyclic amines) is 2. The van der Waals surface area contributed by atoms with Crippen molar-refractivity contribution in [2.45, 2.75) is 61.0 Å². The van der Waals surface area contributed by atoms with Crippen molar-refractivity contribution in [3.63, 3.8) is 0 Å². The molecule has 2 aliphatic carbocycles. The number of rotatable bonds is 8. The van der Waals surface area contributed by atoms with Gasteiger partial charge in [-0.05, 0) is 86.2 Å². The number of sulfone groups is 1. The molecule has 5 heterocycles. The summed E-state index contributed by atoms with van der Waals surface area (Å²) in [7, 11) is -2.40. The number of methoxy groups -OCH3 is 1. The lowest BCUT2D eigenvalue weighted by Gasteiger charge is -2.40. The molecule has 14 heteroatoms. The fourth-order valence-corrected chi connectivity index (χ4v) is 11.0. The zero-order valence-electron chi connectivity index (χ0n) is 28.3. The SMILES string of the molecule is COc1cc(C(=O)N2CC3CCC2[C@]3(N)S(=O)(=O)c2ccc(Br)cc2)cc2nc(-c3cc4cccnc4n3CC3CC3)n(C3CN(C(C)=O)C3)c12. The number of amides is 2. The van der Waals surface area contributed by atoms with Gasteiger partial charge in [0.1, 0.15) is 21.8 Å². The van der Waals surface area contributed by atoms with Gasteiger partial charge in [0.2, 0.25) is 5.91 Å². The lowest BCUT2D eigenvalue weighted by molar-refractivity contribution is -0.134. The molecular formula is C37H38BrN7O5S. The fraction of sp³-hybridized carbons (Fsp3) is 0.405. The van der Waals surface area contributed by atoms with Crippen LogP contribution in [-0.4, -0.2) is 86.8 Å². The first-order chi connectivity index (χ1) is 24.5. The Morgan fingerprint density at radius 2 is 1.80 bits per heavy atom. The number of halogens is 1. The fourth-order valence-electron chi connectivity index (χ4n) is 8.59. The lowest BCUT2D eigenvalue weighted by Crippen LogP contribution is -2.57. The zero-order chi connectivity index (χ0) is 35.4. The summed E-state index contributed by atoms with van der Waals surface area (Å²) in [4.78, 5) is 38.6. The van der Waals surface area contributed by atoms with E-state index in [0.29, 0.717) is 48.7 Å². The molecule has 2 aromatic carbocycles. The van der Waals surface area contributed by atoms with E-state index in [1.807, 2.05) is 6.07 Å². The van der Waals surface area contributed by atoms with Crippen LogP contribution in [0.3, 0.4) is 0 Å². The topological polar surface area (TPSA) is 146 Å². The van der Waals surface area contributed by atoms with E-state index in [0.717, 1.165) is 39.1 Å². The number of hydrogen-bond donors (Lipinski definition) is 1. The van der Waals surface area contributed by atoms with Gasteiger partial charge in [-0.1, -0.05) is 15.9 Å². The van der Waals surface area contributed by atoms with Crippen LogP contribution in [0, 0.1) is 11.8 Å². The molecule has 2 unspecified atom stereocenters. The number of hydrogen-bond acceptors (Lipinski definition) is 8. The summed E-state index contributed by atoms with van der Waals surface area (Å²) in [6, 6.07) is 15.4. The lowest BCUT2D eigenvalue weighted by atomic mass is 10.1. The Kier molecular flexibility index (Phi) is 7.43. The highest BCUT2D eigenvalue weighted by Gasteiger charge is 2.64. The van der Waals surface area contributed by atoms with Crippen molar-refractivity contribution in [3.8, 4) is 17.3 Å². The van der Waals surface area contributed by atoms with E-state index >= 15 is 0 Å². The highest BCUT2D eigenvalue weighted by atomic mass is 79.9. The molecule has 9 rings (SSSR count). The van der Waals surface area contributed by atoms with Gasteiger partial charge in [0.05, 0.1) is 35.3 Å². The summed E-state index contributed by atoms with van der Waals surface area (Å²) in [5, 5.41) is 1.01. The molecule has 51 heavy (non-hydrogen) atoms. The minimum Gasteiger partial charge on any atom is -0.494 e. The molecular weight excluding hydrogens is 734 g/mol. The van der Waals surface area contributed by atoms with Crippen LogP contribution in [0.5, 0.6) is 5.75 Å². The van der Waals surface area contributed by atoms with Gasteiger partial charge in [-0.3, -0.25) is 9.59 Å². The Morgan fingerprint density at radius 1 is 1.04 bits per heavy atom. The third-order valence-corrected chi connectivity index (χ3v) is 14.5. The van der Waals surface area contributed by atoms with Crippen LogP contribution >= 0.6 is 15.9 Å². The number of aromatic nitrogens is 4. The molecule has 2 bridgehead atoms. The second-order valence-electron chi connectivity index (χ2n) is 14.5. The predicted molar refractivity (Wildman–Crippen MR) is 195 cm³/mol. The van der Waals surface area contributed by atoms with E-state index in [4.69, 9.17) is 20.4 Å². The Hall–Kier alpha value is -4.27. The molecule has 0 spiro atoms. The van der Waals surface area contributed by atoms with Crippen molar-refractivity contribution >= 4 is 59.6 Å². The van der Waals surface area contributed by atoms with E-state index in [2.05, 4.69) is 37.2 Å². The molecule has 0 radical (unpaired) electrons. The van der Waals surface area contributed by atoms with Gasteiger partial charge in [0.15, 0.2) is 15.7 Å². The smallest absolute Gasteiger partial charge is 0.254 e. The zero-order valence-corrected chi connectivity index (χ0v) is 30.7. The number of carbonyl (C=O) groups is 2. The molecule has 2 aliphatic heterocycles. The number of fused-ring (bicyclic) bond motifs is 4. The van der Waals surface area contributed by atoms with Gasteiger partial charge in [-0.25, -0.2) is 18.4 Å². The summed E-state index contributed by atoms with van der Waals surface area (Å²) in [6.07, 6.45) is 5.27. The predicted octanol–water partition coefficient (Wildman–Crippen LogP) is 5.00. The standard InChI is InChI=1S/C37H38BrN7O5S/c1-21(46)42-19-27(20-42)45-33-29(41-35(45)30-15-23-4-3-13-40-34(23)43(30)17-22-5-6-22)14-24(16-31(33)50-2)36(47)44-18-25-7-12-32(44)37(25,39)51(48,49)28-10-8-26(38)9-11-28/h3-4,8-11,13-16,22,25,27,32H,5-7,12,17-20,39H2,1-2H3/t25?,32?,37-/m1/s1. The molecule has 2 saturated carbocycles. The molecule has 12 nitrogen and oxygen atoms in total. The highest BCUT2D eigenvalue weighted by Crippen LogP contribution is 2.50. The van der Waals surface area contributed by atoms with E-state index < -0.39 is 26.7 Å². The minimum absolute atomic E-state index is 0.0159. The average Bonchev–Trinajstić information content (AvgIpc) is 3.48. The number of carbonyl (C=O) groups excluding carboxylic acids is 2. The summed E-state index contributed by atoms with van der Waals surface area (Å²) in [5.74, 6) is 1.08. The first kappa shape index (κ1) is 32.6. The third-order valence-electron chi connectivity index (χ3n) is 11.5. The normalized spacial score (nSPS) is 23.4. The number of nitrogens with zero attached hydrogens (tertiary/aromatic N) is 6. The molecule has 2 N–H and O–H groups in total. The number of pyridine rings is 1. The van der Waals surface area contributed by atoms with Crippen LogP contribution in [0.2, 0.25) is 0 Å². The number of benzene rings is 2. The Morgan fingerprint density at radius 3 is 2.51 bits per heavy atom. The quantitative estimate of drug-likeness (QED) is 0.232. The maximum atomic E-state index is 14.4. The van der Waals surface area contributed by atoms with E-state index in [1.165, 1.54) is 12.8 Å². The van der Waals surface area contributed by atoms with Crippen molar-refractivity contribution in [1.29, 1.82) is 0 Å². The third kappa shape index (κ3) is 4.89. The van der Waals surface area contributed by atoms with Crippen LogP contribution in [0.1, 0.15) is 49.0 Å². The number of piperidine rings is 1. The second kappa shape index (κ2) is 11.6. The molecule has 2 amide bonds. The molecule has 264 valence electrons. The van der Waals surface area contributed by atoms with Crippen LogP contribution in [0.15, 0.2) is 70.2 Å². The van der Waals surface area contributed by atoms with Gasteiger partial charge < -0.3 is 29.4 Å². The number of nitrogens with two attached hydrogens (primary N) is 1. The molecule has 4 fully saturated rings. The summed E-state index contributed by atoms with van der Waals surface area (Å²) >= 11 is 3.38. The van der Waals surface area contributed by atoms with E-state index in [-0.39, 0.29) is 29.3 Å². The highest BCUT2D eigenvalue weighted by molar-refractivity contribution is 9.10. The Labute approximate surface area is 303 Å². The summed E-state index contributed by atoms with van der Waals surface area (Å²) < 4.78 is 39.3. The Balaban J connectivity index is 1.14. The van der Waals surface area contributed by atoms with E-state index in [9.17, 15) is 18.0 Å². The van der Waals surface area contributed by atoms with Crippen molar-refractivity contribution in [2.24, 2.45) is 17.6 Å². The van der Waals surface area contributed by atoms with Gasteiger partial charge in [-0.2, -0.15) is 0 Å². The average molecular weight is 773 g/mol. The monoisotopic (exact) mass is 771 g/mol. The molecule has 4 aliphatic rings. The van der Waals surface area contributed by atoms with Gasteiger partial charge in [0, 0.05) is 60.6 Å². The van der Waals surface area contributed by atoms with Crippen molar-refractivity contribution in [3.05, 3.63) is 70.8 Å².